The lowest BCUT2D eigenvalue weighted by Crippen LogP contribution is -2.30. The van der Waals surface area contributed by atoms with Gasteiger partial charge in [-0.3, -0.25) is 14.4 Å². The normalized spacial score (nSPS) is 11.8. The van der Waals surface area contributed by atoms with Gasteiger partial charge in [-0.05, 0) is 61.4 Å². The molecule has 0 bridgehead atoms. The Morgan fingerprint density at radius 1 is 0.896 bits per heavy atom. The van der Waals surface area contributed by atoms with Crippen molar-refractivity contribution >= 4 is 63.6 Å². The van der Waals surface area contributed by atoms with E-state index in [0.29, 0.717) is 39.6 Å². The first kappa shape index (κ1) is 34.0. The number of rotatable bonds is 13. The molecule has 1 unspecified atom stereocenters. The summed E-state index contributed by atoms with van der Waals surface area (Å²) < 4.78 is 10.7. The van der Waals surface area contributed by atoms with E-state index in [0.717, 1.165) is 10.5 Å². The van der Waals surface area contributed by atoms with Crippen molar-refractivity contribution in [1.29, 1.82) is 0 Å². The highest BCUT2D eigenvalue weighted by atomic mass is 32.2. The number of thiophene rings is 1. The Balaban J connectivity index is 1.30. The topological polar surface area (TPSA) is 127 Å². The summed E-state index contributed by atoms with van der Waals surface area (Å²) in [7, 11) is 0. The maximum absolute atomic E-state index is 13.5. The second-order valence-electron chi connectivity index (χ2n) is 10.3. The van der Waals surface area contributed by atoms with Crippen molar-refractivity contribution in [2.75, 3.05) is 17.2 Å². The van der Waals surface area contributed by atoms with Crippen LogP contribution >= 0.6 is 23.1 Å². The first-order chi connectivity index (χ1) is 23.4. The number of thioether (sulfide) groups is 1. The van der Waals surface area contributed by atoms with E-state index < -0.39 is 23.0 Å². The average molecular weight is 680 g/mol. The van der Waals surface area contributed by atoms with Gasteiger partial charge in [-0.15, -0.1) is 23.1 Å². The van der Waals surface area contributed by atoms with Gasteiger partial charge in [0.2, 0.25) is 5.91 Å². The summed E-state index contributed by atoms with van der Waals surface area (Å²) in [5.41, 5.74) is 2.72. The molecule has 5 rings (SSSR count). The Bertz CT molecular complexity index is 1900. The van der Waals surface area contributed by atoms with Crippen LogP contribution in [-0.4, -0.2) is 35.5 Å². The van der Waals surface area contributed by atoms with E-state index in [4.69, 9.17) is 9.15 Å². The highest BCUT2D eigenvalue weighted by molar-refractivity contribution is 8.00. The first-order valence-corrected chi connectivity index (χ1v) is 17.0. The van der Waals surface area contributed by atoms with Crippen molar-refractivity contribution in [3.05, 3.63) is 131 Å². The van der Waals surface area contributed by atoms with E-state index >= 15 is 0 Å². The summed E-state index contributed by atoms with van der Waals surface area (Å²) >= 11 is 2.60. The van der Waals surface area contributed by atoms with Gasteiger partial charge in [0, 0.05) is 33.2 Å². The molecule has 0 saturated heterocycles. The van der Waals surface area contributed by atoms with E-state index in [2.05, 4.69) is 16.0 Å². The van der Waals surface area contributed by atoms with Crippen molar-refractivity contribution in [1.82, 2.24) is 5.32 Å². The summed E-state index contributed by atoms with van der Waals surface area (Å²) in [6.45, 7) is 3.85. The molecule has 244 valence electrons. The summed E-state index contributed by atoms with van der Waals surface area (Å²) in [5, 5.41) is 10.2. The van der Waals surface area contributed by atoms with E-state index in [1.807, 2.05) is 48.7 Å². The number of esters is 1. The van der Waals surface area contributed by atoms with Crippen LogP contribution in [0.5, 0.6) is 0 Å². The summed E-state index contributed by atoms with van der Waals surface area (Å²) in [4.78, 5) is 53.6. The fourth-order valence-corrected chi connectivity index (χ4v) is 6.64. The lowest BCUT2D eigenvalue weighted by molar-refractivity contribution is -0.116. The zero-order valence-corrected chi connectivity index (χ0v) is 27.9. The van der Waals surface area contributed by atoms with Gasteiger partial charge in [0.05, 0.1) is 18.1 Å². The van der Waals surface area contributed by atoms with Crippen LogP contribution in [0.4, 0.5) is 10.7 Å². The van der Waals surface area contributed by atoms with Crippen LogP contribution in [0.2, 0.25) is 0 Å². The third-order valence-electron chi connectivity index (χ3n) is 6.98. The third kappa shape index (κ3) is 8.69. The van der Waals surface area contributed by atoms with Crippen molar-refractivity contribution in [3.63, 3.8) is 0 Å². The fraction of sp³-hybridized carbons (Fsp3) is 0.135. The number of benzene rings is 3. The van der Waals surface area contributed by atoms with Gasteiger partial charge in [-0.1, -0.05) is 61.5 Å². The zero-order valence-electron chi connectivity index (χ0n) is 26.2. The predicted octanol–water partition coefficient (Wildman–Crippen LogP) is 8.10. The zero-order chi connectivity index (χ0) is 33.9. The number of anilines is 2. The smallest absolute Gasteiger partial charge is 0.341 e. The minimum atomic E-state index is -0.555. The van der Waals surface area contributed by atoms with Crippen LogP contribution in [-0.2, 0) is 14.3 Å². The van der Waals surface area contributed by atoms with E-state index in [-0.39, 0.29) is 18.2 Å². The van der Waals surface area contributed by atoms with Gasteiger partial charge in [-0.25, -0.2) is 4.79 Å². The van der Waals surface area contributed by atoms with Crippen molar-refractivity contribution < 1.29 is 28.3 Å². The Hall–Kier alpha value is -5.39. The Morgan fingerprint density at radius 2 is 1.65 bits per heavy atom. The number of carbonyl (C=O) groups excluding carboxylic acids is 4. The van der Waals surface area contributed by atoms with Crippen molar-refractivity contribution in [3.8, 4) is 11.1 Å². The molecule has 48 heavy (non-hydrogen) atoms. The minimum Gasteiger partial charge on any atom is -0.465 e. The van der Waals surface area contributed by atoms with Gasteiger partial charge < -0.3 is 25.1 Å². The molecule has 0 aliphatic heterocycles. The maximum Gasteiger partial charge on any atom is 0.341 e. The number of amides is 3. The molecule has 3 amide bonds. The summed E-state index contributed by atoms with van der Waals surface area (Å²) in [6, 6.07) is 28.5. The molecular formula is C37H33N3O6S2. The highest BCUT2D eigenvalue weighted by Crippen LogP contribution is 2.37. The largest absolute Gasteiger partial charge is 0.465 e. The second-order valence-corrected chi connectivity index (χ2v) is 12.5. The predicted molar refractivity (Wildman–Crippen MR) is 190 cm³/mol. The molecule has 1 atom stereocenters. The molecule has 0 saturated carbocycles. The van der Waals surface area contributed by atoms with E-state index in [1.54, 1.807) is 67.6 Å². The van der Waals surface area contributed by atoms with Crippen LogP contribution in [0, 0.1) is 0 Å². The monoisotopic (exact) mass is 679 g/mol. The molecule has 0 aliphatic rings. The van der Waals surface area contributed by atoms with Crippen LogP contribution < -0.4 is 16.0 Å². The molecule has 2 heterocycles. The number of carbonyl (C=O) groups is 4. The molecule has 5 aromatic rings. The lowest BCUT2D eigenvalue weighted by atomic mass is 10.0. The summed E-state index contributed by atoms with van der Waals surface area (Å²) in [6.07, 6.45) is 3.42. The van der Waals surface area contributed by atoms with Crippen molar-refractivity contribution in [2.24, 2.45) is 0 Å². The highest BCUT2D eigenvalue weighted by Gasteiger charge is 2.26. The van der Waals surface area contributed by atoms with Gasteiger partial charge in [0.25, 0.3) is 11.8 Å². The Kier molecular flexibility index (Phi) is 11.6. The molecular weight excluding hydrogens is 647 g/mol. The molecule has 0 radical (unpaired) electrons. The lowest BCUT2D eigenvalue weighted by Gasteiger charge is -2.16. The fourth-order valence-electron chi connectivity index (χ4n) is 4.67. The summed E-state index contributed by atoms with van der Waals surface area (Å²) in [5.74, 6) is -1.38. The first-order valence-electron chi connectivity index (χ1n) is 15.2. The maximum atomic E-state index is 13.5. The molecule has 0 aliphatic carbocycles. The number of ether oxygens (including phenoxy) is 1. The molecule has 11 heteroatoms. The molecule has 2 aromatic heterocycles. The molecule has 0 spiro atoms. The number of hydrogen-bond acceptors (Lipinski definition) is 8. The van der Waals surface area contributed by atoms with E-state index in [1.165, 1.54) is 35.4 Å². The van der Waals surface area contributed by atoms with Crippen LogP contribution in [0.3, 0.4) is 0 Å². The quantitative estimate of drug-likeness (QED) is 0.0652. The van der Waals surface area contributed by atoms with Gasteiger partial charge in [0.1, 0.15) is 22.0 Å². The molecule has 3 aromatic carbocycles. The molecule has 0 fully saturated rings. The SMILES string of the molecule is CCOC(=O)c1c(-c2ccccc2)csc1NC(=O)C(CC)Sc1cccc(NC(=O)/C(=C/c2ccco2)NC(=O)c2ccccc2)c1. The van der Waals surface area contributed by atoms with Crippen LogP contribution in [0.15, 0.2) is 124 Å². The number of hydrogen-bond donors (Lipinski definition) is 3. The second kappa shape index (κ2) is 16.4. The van der Waals surface area contributed by atoms with Gasteiger partial charge in [-0.2, -0.15) is 0 Å². The number of furan rings is 1. The Morgan fingerprint density at radius 3 is 2.33 bits per heavy atom. The standard InChI is InChI=1S/C37H33N3O6S2/c1-3-31(35(43)40-36-32(37(44)45-4-2)29(23-47-36)24-13-7-5-8-14-24)48-28-19-11-17-26(21-28)38-34(42)30(22-27-18-12-20-46-27)39-33(41)25-15-9-6-10-16-25/h5-23,31H,3-4H2,1-2H3,(H,38,42)(H,39,41)(H,40,43)/b30-22-. The van der Waals surface area contributed by atoms with Crippen LogP contribution in [0.25, 0.3) is 17.2 Å². The molecule has 9 nitrogen and oxygen atoms in total. The molecule has 3 N–H and O–H groups in total. The van der Waals surface area contributed by atoms with E-state index in [9.17, 15) is 19.2 Å². The van der Waals surface area contributed by atoms with Crippen LogP contribution in [0.1, 0.15) is 46.7 Å². The number of nitrogens with one attached hydrogen (secondary N) is 3. The Labute approximate surface area is 286 Å². The van der Waals surface area contributed by atoms with Gasteiger partial charge in [0.15, 0.2) is 0 Å². The van der Waals surface area contributed by atoms with Gasteiger partial charge >= 0.3 is 5.97 Å². The third-order valence-corrected chi connectivity index (χ3v) is 9.24. The minimum absolute atomic E-state index is 0.00843. The average Bonchev–Trinajstić information content (AvgIpc) is 3.78. The van der Waals surface area contributed by atoms with Crippen molar-refractivity contribution in [2.45, 2.75) is 30.4 Å².